The van der Waals surface area contributed by atoms with Gasteiger partial charge in [0, 0.05) is 31.7 Å². The zero-order valence-corrected chi connectivity index (χ0v) is 19.6. The average molecular weight is 518 g/mol. The minimum atomic E-state index is -4.50. The summed E-state index contributed by atoms with van der Waals surface area (Å²) in [6.07, 6.45) is 1.36. The van der Waals surface area contributed by atoms with Crippen LogP contribution in [0.4, 0.5) is 8.78 Å². The molecule has 0 bridgehead atoms. The molecule has 0 saturated carbocycles. The number of halogens is 2. The Bertz CT molecular complexity index is 1350. The first kappa shape index (κ1) is 25.0. The molecule has 2 heterocycles. The molecule has 1 aliphatic rings. The van der Waals surface area contributed by atoms with Crippen LogP contribution in [0.2, 0.25) is 0 Å². The van der Waals surface area contributed by atoms with Gasteiger partial charge in [-0.3, -0.25) is 14.4 Å². The fourth-order valence-electron chi connectivity index (χ4n) is 3.69. The summed E-state index contributed by atoms with van der Waals surface area (Å²) >= 11 is 0. The van der Waals surface area contributed by atoms with Crippen molar-refractivity contribution in [3.8, 4) is 0 Å². The van der Waals surface area contributed by atoms with Gasteiger partial charge in [0.2, 0.25) is 15.2 Å². The van der Waals surface area contributed by atoms with E-state index in [0.29, 0.717) is 0 Å². The van der Waals surface area contributed by atoms with Gasteiger partial charge in [-0.2, -0.15) is 0 Å². The number of nitrogens with one attached hydrogen (secondary N) is 1. The summed E-state index contributed by atoms with van der Waals surface area (Å²) in [7, 11) is -4.50. The zero-order valence-electron chi connectivity index (χ0n) is 18.8. The van der Waals surface area contributed by atoms with Crippen LogP contribution in [0.15, 0.2) is 76.2 Å². The number of piperazine rings is 1. The third-order valence-corrected chi connectivity index (χ3v) is 7.53. The van der Waals surface area contributed by atoms with Crippen LogP contribution in [0.3, 0.4) is 0 Å². The van der Waals surface area contributed by atoms with Gasteiger partial charge < -0.3 is 19.5 Å². The van der Waals surface area contributed by atoms with Crippen LogP contribution in [0.1, 0.15) is 20.9 Å². The van der Waals surface area contributed by atoms with Crippen molar-refractivity contribution in [3.05, 3.63) is 89.9 Å². The lowest BCUT2D eigenvalue weighted by atomic mass is 10.2. The Morgan fingerprint density at radius 2 is 1.39 bits per heavy atom. The number of rotatable bonds is 6. The van der Waals surface area contributed by atoms with Crippen molar-refractivity contribution in [3.63, 3.8) is 0 Å². The first-order chi connectivity index (χ1) is 17.2. The number of carbonyl (C=O) groups is 3. The molecule has 1 fully saturated rings. The predicted octanol–water partition coefficient (Wildman–Crippen LogP) is 2.07. The second-order valence-electron chi connectivity index (χ2n) is 7.95. The Morgan fingerprint density at radius 3 is 1.94 bits per heavy atom. The highest BCUT2D eigenvalue weighted by atomic mass is 32.2. The second-order valence-corrected chi connectivity index (χ2v) is 9.99. The number of benzene rings is 2. The Balaban J connectivity index is 1.56. The van der Waals surface area contributed by atoms with Gasteiger partial charge in [-0.25, -0.2) is 17.2 Å². The summed E-state index contributed by atoms with van der Waals surface area (Å²) < 4.78 is 58.5. The van der Waals surface area contributed by atoms with Gasteiger partial charge in [-0.05, 0) is 60.7 Å². The summed E-state index contributed by atoms with van der Waals surface area (Å²) in [5.74, 6) is -3.33. The van der Waals surface area contributed by atoms with E-state index in [0.717, 1.165) is 48.5 Å². The van der Waals surface area contributed by atoms with Crippen molar-refractivity contribution < 1.29 is 36.0 Å². The molecule has 3 aromatic rings. The van der Waals surface area contributed by atoms with E-state index in [-0.39, 0.29) is 48.3 Å². The number of sulfone groups is 1. The van der Waals surface area contributed by atoms with E-state index >= 15 is 0 Å². The molecule has 9 nitrogen and oxygen atoms in total. The molecular weight excluding hydrogens is 496 g/mol. The quantitative estimate of drug-likeness (QED) is 0.501. The highest BCUT2D eigenvalue weighted by Gasteiger charge is 2.39. The Labute approximate surface area is 205 Å². The fourth-order valence-corrected chi connectivity index (χ4v) is 5.15. The first-order valence-corrected chi connectivity index (χ1v) is 12.4. The van der Waals surface area contributed by atoms with E-state index in [1.165, 1.54) is 22.1 Å². The van der Waals surface area contributed by atoms with Gasteiger partial charge in [-0.1, -0.05) is 0 Å². The van der Waals surface area contributed by atoms with Gasteiger partial charge in [0.05, 0.1) is 11.2 Å². The molecule has 0 aliphatic carbocycles. The van der Waals surface area contributed by atoms with E-state index in [1.54, 1.807) is 6.07 Å². The maximum absolute atomic E-state index is 13.4. The third kappa shape index (κ3) is 5.28. The van der Waals surface area contributed by atoms with E-state index in [2.05, 4.69) is 5.32 Å². The van der Waals surface area contributed by atoms with Gasteiger partial charge in [0.25, 0.3) is 17.7 Å². The number of furan rings is 1. The maximum atomic E-state index is 13.4. The molecule has 0 spiro atoms. The van der Waals surface area contributed by atoms with E-state index in [4.69, 9.17) is 4.42 Å². The Morgan fingerprint density at radius 1 is 0.833 bits per heavy atom. The van der Waals surface area contributed by atoms with Gasteiger partial charge in [0.1, 0.15) is 11.6 Å². The van der Waals surface area contributed by atoms with Crippen molar-refractivity contribution in [2.45, 2.75) is 10.3 Å². The van der Waals surface area contributed by atoms with Crippen molar-refractivity contribution in [1.82, 2.24) is 15.1 Å². The molecular formula is C24H21F2N3O6S. The lowest BCUT2D eigenvalue weighted by Gasteiger charge is -2.36. The van der Waals surface area contributed by atoms with Crippen LogP contribution in [-0.4, -0.2) is 67.5 Å². The molecule has 1 atom stereocenters. The summed E-state index contributed by atoms with van der Waals surface area (Å²) in [5, 5.41) is 0.195. The van der Waals surface area contributed by atoms with Crippen molar-refractivity contribution in [2.75, 3.05) is 26.2 Å². The van der Waals surface area contributed by atoms with Gasteiger partial charge >= 0.3 is 0 Å². The molecule has 36 heavy (non-hydrogen) atoms. The van der Waals surface area contributed by atoms with E-state index in [9.17, 15) is 31.6 Å². The van der Waals surface area contributed by atoms with E-state index < -0.39 is 38.7 Å². The molecule has 1 N–H and O–H groups in total. The topological polar surface area (TPSA) is 117 Å². The van der Waals surface area contributed by atoms with Gasteiger partial charge in [-0.15, -0.1) is 0 Å². The third-order valence-electron chi connectivity index (χ3n) is 5.66. The molecule has 12 heteroatoms. The van der Waals surface area contributed by atoms with Crippen LogP contribution in [0.5, 0.6) is 0 Å². The molecule has 4 rings (SSSR count). The molecule has 1 aromatic heterocycles. The van der Waals surface area contributed by atoms with Crippen molar-refractivity contribution in [1.29, 1.82) is 0 Å². The summed E-state index contributed by atoms with van der Waals surface area (Å²) in [4.78, 5) is 41.0. The highest BCUT2D eigenvalue weighted by Crippen LogP contribution is 2.19. The molecule has 0 radical (unpaired) electrons. The molecule has 188 valence electrons. The Hall–Kier alpha value is -4.06. The molecule has 0 unspecified atom stereocenters. The monoisotopic (exact) mass is 517 g/mol. The predicted molar refractivity (Wildman–Crippen MR) is 122 cm³/mol. The second kappa shape index (κ2) is 10.3. The first-order valence-electron chi connectivity index (χ1n) is 10.8. The summed E-state index contributed by atoms with van der Waals surface area (Å²) in [6, 6.07) is 11.3. The zero-order chi connectivity index (χ0) is 25.9. The number of amides is 3. The largest absolute Gasteiger partial charge is 0.459 e. The SMILES string of the molecule is O=C(N[C@H](C(=O)N1CCN(C(=O)c2ccco2)CC1)S(=O)(=O)c1ccc(F)cc1)c1ccc(F)cc1. The average Bonchev–Trinajstić information content (AvgIpc) is 3.42. The molecule has 1 aliphatic heterocycles. The normalized spacial score (nSPS) is 14.8. The number of carbonyl (C=O) groups excluding carboxylic acids is 3. The Kier molecular flexibility index (Phi) is 7.15. The fraction of sp³-hybridized carbons (Fsp3) is 0.208. The smallest absolute Gasteiger partial charge is 0.289 e. The lowest BCUT2D eigenvalue weighted by molar-refractivity contribution is -0.132. The van der Waals surface area contributed by atoms with Gasteiger partial charge in [0.15, 0.2) is 5.76 Å². The number of hydrogen-bond acceptors (Lipinski definition) is 6. The van der Waals surface area contributed by atoms with Crippen LogP contribution < -0.4 is 5.32 Å². The standard InChI is InChI=1S/C24H21F2N3O6S/c25-17-5-3-16(4-6-17)21(30)27-22(36(33,34)19-9-7-18(26)8-10-19)24(32)29-13-11-28(12-14-29)23(31)20-2-1-15-35-20/h1-10,15,22H,11-14H2,(H,27,30)/t22-/m0/s1. The summed E-state index contributed by atoms with van der Waals surface area (Å²) in [5.41, 5.74) is -0.0580. The summed E-state index contributed by atoms with van der Waals surface area (Å²) in [6.45, 7) is 0.237. The van der Waals surface area contributed by atoms with Crippen molar-refractivity contribution in [2.24, 2.45) is 0 Å². The van der Waals surface area contributed by atoms with Crippen LogP contribution in [0.25, 0.3) is 0 Å². The highest BCUT2D eigenvalue weighted by molar-refractivity contribution is 7.92. The molecule has 2 aromatic carbocycles. The number of nitrogens with zero attached hydrogens (tertiary/aromatic N) is 2. The van der Waals surface area contributed by atoms with Crippen LogP contribution >= 0.6 is 0 Å². The molecule has 1 saturated heterocycles. The van der Waals surface area contributed by atoms with Crippen molar-refractivity contribution >= 4 is 27.6 Å². The minimum Gasteiger partial charge on any atom is -0.459 e. The van der Waals surface area contributed by atoms with Crippen LogP contribution in [0, 0.1) is 11.6 Å². The lowest BCUT2D eigenvalue weighted by Crippen LogP contribution is -2.57. The number of hydrogen-bond donors (Lipinski definition) is 1. The van der Waals surface area contributed by atoms with E-state index in [1.807, 2.05) is 0 Å². The molecule has 3 amide bonds. The van der Waals surface area contributed by atoms with Crippen LogP contribution in [-0.2, 0) is 14.6 Å². The maximum Gasteiger partial charge on any atom is 0.289 e. The minimum absolute atomic E-state index is 0.00708.